The molecule has 1 aliphatic heterocycles. The lowest BCUT2D eigenvalue weighted by Crippen LogP contribution is -2.13. The van der Waals surface area contributed by atoms with Crippen LogP contribution in [0.1, 0.15) is 18.1 Å². The van der Waals surface area contributed by atoms with Crippen LogP contribution in [0.15, 0.2) is 47.6 Å². The lowest BCUT2D eigenvalue weighted by Gasteiger charge is -2.20. The Morgan fingerprint density at radius 2 is 2.04 bits per heavy atom. The van der Waals surface area contributed by atoms with Crippen LogP contribution in [0.3, 0.4) is 0 Å². The third-order valence-corrected chi connectivity index (χ3v) is 5.19. The van der Waals surface area contributed by atoms with E-state index in [2.05, 4.69) is 21.7 Å². The summed E-state index contributed by atoms with van der Waals surface area (Å²) in [6, 6.07) is 12.9. The van der Waals surface area contributed by atoms with E-state index in [4.69, 9.17) is 9.47 Å². The summed E-state index contributed by atoms with van der Waals surface area (Å²) < 4.78 is 26.8. The van der Waals surface area contributed by atoms with Gasteiger partial charge >= 0.3 is 0 Å². The molecule has 4 rings (SSSR count). The number of ether oxygens (including phenoxy) is 2. The highest BCUT2D eigenvalue weighted by Crippen LogP contribution is 2.34. The molecule has 0 amide bonds. The van der Waals surface area contributed by atoms with Gasteiger partial charge in [0.15, 0.2) is 17.8 Å². The molecule has 7 heteroatoms. The molecule has 0 bridgehead atoms. The molecule has 1 aromatic heterocycles. The zero-order valence-corrected chi connectivity index (χ0v) is 15.1. The number of benzene rings is 2. The first kappa shape index (κ1) is 17.1. The maximum Gasteiger partial charge on any atom is 0.191 e. The number of halogens is 1. The van der Waals surface area contributed by atoms with Gasteiger partial charge < -0.3 is 14.0 Å². The highest BCUT2D eigenvalue weighted by atomic mass is 32.2. The van der Waals surface area contributed by atoms with Gasteiger partial charge in [-0.15, -0.1) is 10.2 Å². The van der Waals surface area contributed by atoms with E-state index in [1.165, 1.54) is 23.9 Å². The minimum absolute atomic E-state index is 0.194. The molecule has 26 heavy (non-hydrogen) atoms. The third-order valence-electron chi connectivity index (χ3n) is 4.17. The zero-order chi connectivity index (χ0) is 17.9. The van der Waals surface area contributed by atoms with E-state index in [-0.39, 0.29) is 12.6 Å². The van der Waals surface area contributed by atoms with Crippen LogP contribution < -0.4 is 4.74 Å². The van der Waals surface area contributed by atoms with Crippen molar-refractivity contribution in [3.63, 3.8) is 0 Å². The molecule has 0 saturated carbocycles. The van der Waals surface area contributed by atoms with Crippen LogP contribution in [0, 0.1) is 5.82 Å². The van der Waals surface area contributed by atoms with Gasteiger partial charge in [-0.1, -0.05) is 42.1 Å². The molecular weight excluding hydrogens is 353 g/mol. The molecule has 0 fully saturated rings. The van der Waals surface area contributed by atoms with E-state index in [1.807, 2.05) is 30.3 Å². The first-order chi connectivity index (χ1) is 12.8. The van der Waals surface area contributed by atoms with E-state index >= 15 is 0 Å². The predicted octanol–water partition coefficient (Wildman–Crippen LogP) is 4.26. The minimum atomic E-state index is -0.282. The van der Waals surface area contributed by atoms with Crippen LogP contribution in [-0.4, -0.2) is 21.6 Å². The van der Waals surface area contributed by atoms with E-state index in [9.17, 15) is 4.39 Å². The van der Waals surface area contributed by atoms with Crippen molar-refractivity contribution in [1.29, 1.82) is 0 Å². The number of fused-ring (bicyclic) bond motifs is 1. The Morgan fingerprint density at radius 3 is 2.85 bits per heavy atom. The normalized spacial score (nSPS) is 13.3. The Morgan fingerprint density at radius 1 is 1.19 bits per heavy atom. The first-order valence-electron chi connectivity index (χ1n) is 8.39. The standard InChI is InChI=1S/C19H18FN3O2S/c1-2-23-18(13-6-4-3-5-7-13)21-22-19(23)26-11-15-9-16(20)8-14-10-24-12-25-17(14)15/h3-9H,2,10-12H2,1H3. The lowest BCUT2D eigenvalue weighted by molar-refractivity contribution is -0.0171. The van der Waals surface area contributed by atoms with Crippen LogP contribution in [0.2, 0.25) is 0 Å². The molecule has 1 aliphatic rings. The van der Waals surface area contributed by atoms with Gasteiger partial charge in [-0.2, -0.15) is 0 Å². The molecule has 5 nitrogen and oxygen atoms in total. The van der Waals surface area contributed by atoms with Gasteiger partial charge in [0.1, 0.15) is 11.6 Å². The first-order valence-corrected chi connectivity index (χ1v) is 9.38. The summed E-state index contributed by atoms with van der Waals surface area (Å²) in [7, 11) is 0. The number of hydrogen-bond donors (Lipinski definition) is 0. The lowest BCUT2D eigenvalue weighted by atomic mass is 10.1. The highest BCUT2D eigenvalue weighted by molar-refractivity contribution is 7.98. The Labute approximate surface area is 155 Å². The summed E-state index contributed by atoms with van der Waals surface area (Å²) in [5.41, 5.74) is 2.58. The van der Waals surface area contributed by atoms with Gasteiger partial charge in [0.25, 0.3) is 0 Å². The topological polar surface area (TPSA) is 49.2 Å². The van der Waals surface area contributed by atoms with E-state index < -0.39 is 0 Å². The molecule has 3 aromatic rings. The average molecular weight is 371 g/mol. The smallest absolute Gasteiger partial charge is 0.191 e. The average Bonchev–Trinajstić information content (AvgIpc) is 3.09. The maximum atomic E-state index is 13.9. The molecule has 2 aromatic carbocycles. The summed E-state index contributed by atoms with van der Waals surface area (Å²) in [5.74, 6) is 1.82. The van der Waals surface area contributed by atoms with Crippen molar-refractivity contribution in [1.82, 2.24) is 14.8 Å². The van der Waals surface area contributed by atoms with Crippen LogP contribution in [0.4, 0.5) is 4.39 Å². The molecule has 2 heterocycles. The summed E-state index contributed by atoms with van der Waals surface area (Å²) in [4.78, 5) is 0. The Balaban J connectivity index is 1.60. The Bertz CT molecular complexity index is 915. The number of thioether (sulfide) groups is 1. The van der Waals surface area contributed by atoms with Crippen molar-refractivity contribution in [2.75, 3.05) is 6.79 Å². The maximum absolute atomic E-state index is 13.9. The SMILES string of the molecule is CCn1c(SCc2cc(F)cc3c2OCOC3)nnc1-c1ccccc1. The second-order valence-electron chi connectivity index (χ2n) is 5.87. The Hall–Kier alpha value is -2.38. The van der Waals surface area contributed by atoms with Gasteiger partial charge in [0, 0.05) is 29.0 Å². The fourth-order valence-electron chi connectivity index (χ4n) is 2.99. The van der Waals surface area contributed by atoms with Crippen molar-refractivity contribution in [2.24, 2.45) is 0 Å². The molecule has 0 aliphatic carbocycles. The number of rotatable bonds is 5. The fourth-order valence-corrected chi connectivity index (χ4v) is 3.96. The predicted molar refractivity (Wildman–Crippen MR) is 97.4 cm³/mol. The molecule has 134 valence electrons. The van der Waals surface area contributed by atoms with Crippen molar-refractivity contribution in [3.8, 4) is 17.1 Å². The third kappa shape index (κ3) is 3.32. The van der Waals surface area contributed by atoms with Crippen LogP contribution in [0.25, 0.3) is 11.4 Å². The molecule has 0 atom stereocenters. The summed E-state index contributed by atoms with van der Waals surface area (Å²) in [6.45, 7) is 3.38. The van der Waals surface area contributed by atoms with E-state index in [1.54, 1.807) is 0 Å². The molecule has 0 saturated heterocycles. The second-order valence-corrected chi connectivity index (χ2v) is 6.81. The number of hydrogen-bond acceptors (Lipinski definition) is 5. The van der Waals surface area contributed by atoms with Gasteiger partial charge in [-0.25, -0.2) is 4.39 Å². The van der Waals surface area contributed by atoms with Crippen LogP contribution in [-0.2, 0) is 23.6 Å². The van der Waals surface area contributed by atoms with Crippen LogP contribution in [0.5, 0.6) is 5.75 Å². The van der Waals surface area contributed by atoms with Gasteiger partial charge in [-0.05, 0) is 19.1 Å². The van der Waals surface area contributed by atoms with Crippen molar-refractivity contribution < 1.29 is 13.9 Å². The molecule has 0 unspecified atom stereocenters. The van der Waals surface area contributed by atoms with Gasteiger partial charge in [-0.3, -0.25) is 0 Å². The second kappa shape index (κ2) is 7.47. The van der Waals surface area contributed by atoms with Crippen LogP contribution >= 0.6 is 11.8 Å². The van der Waals surface area contributed by atoms with Crippen molar-refractivity contribution in [2.45, 2.75) is 31.0 Å². The van der Waals surface area contributed by atoms with E-state index in [0.29, 0.717) is 12.4 Å². The Kier molecular flexibility index (Phi) is 4.90. The summed E-state index contributed by atoms with van der Waals surface area (Å²) in [5, 5.41) is 9.47. The van der Waals surface area contributed by atoms with Crippen molar-refractivity contribution in [3.05, 3.63) is 59.4 Å². The van der Waals surface area contributed by atoms with Gasteiger partial charge in [0.05, 0.1) is 6.61 Å². The fraction of sp³-hybridized carbons (Fsp3) is 0.263. The van der Waals surface area contributed by atoms with Gasteiger partial charge in [0.2, 0.25) is 0 Å². The quantitative estimate of drug-likeness (QED) is 0.627. The highest BCUT2D eigenvalue weighted by Gasteiger charge is 2.19. The summed E-state index contributed by atoms with van der Waals surface area (Å²) in [6.07, 6.45) is 0. The molecule has 0 N–H and O–H groups in total. The molecule has 0 spiro atoms. The largest absolute Gasteiger partial charge is 0.467 e. The number of aromatic nitrogens is 3. The zero-order valence-electron chi connectivity index (χ0n) is 14.3. The molecular formula is C19H18FN3O2S. The minimum Gasteiger partial charge on any atom is -0.467 e. The monoisotopic (exact) mass is 371 g/mol. The molecule has 0 radical (unpaired) electrons. The summed E-state index contributed by atoms with van der Waals surface area (Å²) >= 11 is 1.52. The van der Waals surface area contributed by atoms with Crippen molar-refractivity contribution >= 4 is 11.8 Å². The number of nitrogens with zero attached hydrogens (tertiary/aromatic N) is 3. The van der Waals surface area contributed by atoms with E-state index in [0.717, 1.165) is 40.0 Å².